The van der Waals surface area contributed by atoms with Crippen molar-refractivity contribution < 1.29 is 19.0 Å². The van der Waals surface area contributed by atoms with Gasteiger partial charge >= 0.3 is 0 Å². The van der Waals surface area contributed by atoms with Crippen LogP contribution in [0.15, 0.2) is 35.4 Å². The molecule has 0 atom stereocenters. The molecule has 1 N–H and O–H groups in total. The van der Waals surface area contributed by atoms with E-state index in [-0.39, 0.29) is 24.7 Å². The van der Waals surface area contributed by atoms with Crippen molar-refractivity contribution in [2.24, 2.45) is 5.10 Å². The van der Waals surface area contributed by atoms with E-state index in [0.29, 0.717) is 11.3 Å². The van der Waals surface area contributed by atoms with Crippen molar-refractivity contribution in [1.29, 1.82) is 5.26 Å². The summed E-state index contributed by atoms with van der Waals surface area (Å²) >= 11 is 0. The van der Waals surface area contributed by atoms with Crippen LogP contribution in [0.2, 0.25) is 0 Å². The SMILES string of the molecule is COCc1cc(C)nc(OCC(=O)N/N=C/c2ccc(OC)cc2)c1C#N. The molecular weight excluding hydrogens is 348 g/mol. The molecule has 140 valence electrons. The van der Waals surface area contributed by atoms with E-state index < -0.39 is 5.91 Å². The van der Waals surface area contributed by atoms with Crippen molar-refractivity contribution in [3.05, 3.63) is 52.7 Å². The van der Waals surface area contributed by atoms with Crippen molar-refractivity contribution in [1.82, 2.24) is 10.4 Å². The molecule has 0 fully saturated rings. The summed E-state index contributed by atoms with van der Waals surface area (Å²) in [7, 11) is 3.12. The summed E-state index contributed by atoms with van der Waals surface area (Å²) < 4.78 is 15.5. The Morgan fingerprint density at radius 2 is 2.07 bits per heavy atom. The molecule has 0 bridgehead atoms. The largest absolute Gasteiger partial charge is 0.497 e. The molecular formula is C19H20N4O4. The van der Waals surface area contributed by atoms with E-state index in [0.717, 1.165) is 11.3 Å². The quantitative estimate of drug-likeness (QED) is 0.564. The Morgan fingerprint density at radius 1 is 1.33 bits per heavy atom. The molecule has 27 heavy (non-hydrogen) atoms. The van der Waals surface area contributed by atoms with Crippen LogP contribution in [0.1, 0.15) is 22.4 Å². The highest BCUT2D eigenvalue weighted by Gasteiger charge is 2.14. The topological polar surface area (TPSA) is 106 Å². The van der Waals surface area contributed by atoms with Gasteiger partial charge in [0.15, 0.2) is 6.61 Å². The number of hydrogen-bond acceptors (Lipinski definition) is 7. The standard InChI is InChI=1S/C19H20N4O4/c1-13-8-15(11-25-2)17(9-20)19(22-13)27-12-18(24)23-21-10-14-4-6-16(26-3)7-5-14/h4-8,10H,11-12H2,1-3H3,(H,23,24)/b21-10+. The van der Waals surface area contributed by atoms with Crippen molar-refractivity contribution in [2.75, 3.05) is 20.8 Å². The van der Waals surface area contributed by atoms with Gasteiger partial charge in [-0.25, -0.2) is 10.4 Å². The van der Waals surface area contributed by atoms with Crippen molar-refractivity contribution in [3.63, 3.8) is 0 Å². The summed E-state index contributed by atoms with van der Waals surface area (Å²) in [6.45, 7) is 1.70. The second kappa shape index (κ2) is 9.89. The summed E-state index contributed by atoms with van der Waals surface area (Å²) in [5.74, 6) is 0.357. The molecule has 0 aliphatic rings. The smallest absolute Gasteiger partial charge is 0.278 e. The Hall–Kier alpha value is -3.44. The van der Waals surface area contributed by atoms with Gasteiger partial charge < -0.3 is 14.2 Å². The van der Waals surface area contributed by atoms with Gasteiger partial charge in [0.25, 0.3) is 5.91 Å². The number of hydrogen-bond donors (Lipinski definition) is 1. The molecule has 1 heterocycles. The van der Waals surface area contributed by atoms with Crippen LogP contribution in [-0.2, 0) is 16.1 Å². The lowest BCUT2D eigenvalue weighted by Crippen LogP contribution is -2.25. The van der Waals surface area contributed by atoms with Gasteiger partial charge in [-0.3, -0.25) is 4.79 Å². The normalized spacial score (nSPS) is 10.4. The molecule has 0 saturated carbocycles. The third-order valence-electron chi connectivity index (χ3n) is 3.47. The number of pyridine rings is 1. The molecule has 1 aromatic heterocycles. The van der Waals surface area contributed by atoms with Crippen LogP contribution < -0.4 is 14.9 Å². The van der Waals surface area contributed by atoms with Crippen LogP contribution in [0, 0.1) is 18.3 Å². The molecule has 0 aliphatic heterocycles. The van der Waals surface area contributed by atoms with Crippen LogP contribution in [0.5, 0.6) is 11.6 Å². The molecule has 0 unspecified atom stereocenters. The molecule has 1 aromatic carbocycles. The minimum atomic E-state index is -0.472. The van der Waals surface area contributed by atoms with Crippen LogP contribution >= 0.6 is 0 Å². The second-order valence-corrected chi connectivity index (χ2v) is 5.50. The minimum absolute atomic E-state index is 0.0961. The van der Waals surface area contributed by atoms with E-state index in [4.69, 9.17) is 14.2 Å². The van der Waals surface area contributed by atoms with E-state index in [9.17, 15) is 10.1 Å². The van der Waals surface area contributed by atoms with Crippen molar-refractivity contribution in [2.45, 2.75) is 13.5 Å². The molecule has 0 aliphatic carbocycles. The molecule has 8 heteroatoms. The number of nitrogens with zero attached hydrogens (tertiary/aromatic N) is 3. The number of amides is 1. The fourth-order valence-electron chi connectivity index (χ4n) is 2.24. The number of hydrazone groups is 1. The fourth-order valence-corrected chi connectivity index (χ4v) is 2.24. The molecule has 2 rings (SSSR count). The fraction of sp³-hybridized carbons (Fsp3) is 0.263. The first-order chi connectivity index (χ1) is 13.1. The highest BCUT2D eigenvalue weighted by atomic mass is 16.5. The average molecular weight is 368 g/mol. The number of aryl methyl sites for hydroxylation is 1. The van der Waals surface area contributed by atoms with Gasteiger partial charge in [0.1, 0.15) is 17.4 Å². The van der Waals surface area contributed by atoms with Gasteiger partial charge in [0.05, 0.1) is 19.9 Å². The lowest BCUT2D eigenvalue weighted by Gasteiger charge is -2.10. The third-order valence-corrected chi connectivity index (χ3v) is 3.47. The van der Waals surface area contributed by atoms with E-state index >= 15 is 0 Å². The number of carbonyl (C=O) groups is 1. The number of ether oxygens (including phenoxy) is 3. The number of aromatic nitrogens is 1. The number of benzene rings is 1. The van der Waals surface area contributed by atoms with Gasteiger partial charge in [0, 0.05) is 18.4 Å². The maximum Gasteiger partial charge on any atom is 0.278 e. The van der Waals surface area contributed by atoms with Crippen molar-refractivity contribution in [3.8, 4) is 17.7 Å². The van der Waals surface area contributed by atoms with Gasteiger partial charge in [-0.05, 0) is 42.8 Å². The zero-order valence-corrected chi connectivity index (χ0v) is 15.4. The summed E-state index contributed by atoms with van der Waals surface area (Å²) in [6, 6.07) is 11.0. The van der Waals surface area contributed by atoms with Gasteiger partial charge in [0.2, 0.25) is 5.88 Å². The molecule has 0 spiro atoms. The monoisotopic (exact) mass is 368 g/mol. The Labute approximate surface area is 157 Å². The summed E-state index contributed by atoms with van der Waals surface area (Å²) in [4.78, 5) is 16.1. The lowest BCUT2D eigenvalue weighted by atomic mass is 10.1. The Morgan fingerprint density at radius 3 is 2.70 bits per heavy atom. The zero-order valence-electron chi connectivity index (χ0n) is 15.4. The first-order valence-corrected chi connectivity index (χ1v) is 8.05. The van der Waals surface area contributed by atoms with Crippen LogP contribution in [0.3, 0.4) is 0 Å². The number of rotatable bonds is 8. The first kappa shape index (κ1) is 19.9. The lowest BCUT2D eigenvalue weighted by molar-refractivity contribution is -0.123. The summed E-state index contributed by atoms with van der Waals surface area (Å²) in [6.07, 6.45) is 1.50. The highest BCUT2D eigenvalue weighted by Crippen LogP contribution is 2.21. The maximum absolute atomic E-state index is 11.9. The zero-order chi connectivity index (χ0) is 19.6. The predicted molar refractivity (Wildman–Crippen MR) is 98.6 cm³/mol. The summed E-state index contributed by atoms with van der Waals surface area (Å²) in [5, 5.41) is 13.2. The average Bonchev–Trinajstić information content (AvgIpc) is 2.67. The highest BCUT2D eigenvalue weighted by molar-refractivity contribution is 5.83. The van der Waals surface area contributed by atoms with Gasteiger partial charge in [-0.1, -0.05) is 0 Å². The van der Waals surface area contributed by atoms with Crippen LogP contribution in [0.4, 0.5) is 0 Å². The van der Waals surface area contributed by atoms with Crippen molar-refractivity contribution >= 4 is 12.1 Å². The molecule has 2 aromatic rings. The van der Waals surface area contributed by atoms with Gasteiger partial charge in [-0.15, -0.1) is 0 Å². The molecule has 0 saturated heterocycles. The molecule has 1 amide bonds. The van der Waals surface area contributed by atoms with E-state index in [1.54, 1.807) is 44.4 Å². The van der Waals surface area contributed by atoms with Crippen LogP contribution in [0.25, 0.3) is 0 Å². The number of methoxy groups -OCH3 is 2. The van der Waals surface area contributed by atoms with E-state index in [1.165, 1.54) is 13.3 Å². The Bertz CT molecular complexity index is 857. The van der Waals surface area contributed by atoms with E-state index in [1.807, 2.05) is 6.07 Å². The number of nitrogens with one attached hydrogen (secondary N) is 1. The second-order valence-electron chi connectivity index (χ2n) is 5.50. The Kier molecular flexibility index (Phi) is 7.28. The number of nitriles is 1. The Balaban J connectivity index is 1.95. The van der Waals surface area contributed by atoms with Crippen LogP contribution in [-0.4, -0.2) is 37.9 Å². The molecule has 0 radical (unpaired) electrons. The summed E-state index contributed by atoms with van der Waals surface area (Å²) in [5.41, 5.74) is 4.72. The molecule has 8 nitrogen and oxygen atoms in total. The first-order valence-electron chi connectivity index (χ1n) is 8.05. The van der Waals surface area contributed by atoms with Gasteiger partial charge in [-0.2, -0.15) is 10.4 Å². The third kappa shape index (κ3) is 5.80. The number of carbonyl (C=O) groups excluding carboxylic acids is 1. The minimum Gasteiger partial charge on any atom is -0.497 e. The predicted octanol–water partition coefficient (Wildman–Crippen LogP) is 1.95. The van der Waals surface area contributed by atoms with E-state index in [2.05, 4.69) is 15.5 Å². The maximum atomic E-state index is 11.9.